The molecule has 3 atom stereocenters. The lowest BCUT2D eigenvalue weighted by atomic mass is 9.67. The van der Waals surface area contributed by atoms with E-state index in [2.05, 4.69) is 4.98 Å². The average molecular weight is 567 g/mol. The van der Waals surface area contributed by atoms with Crippen molar-refractivity contribution in [2.75, 3.05) is 7.11 Å². The van der Waals surface area contributed by atoms with Crippen LogP contribution in [-0.4, -0.2) is 52.7 Å². The summed E-state index contributed by atoms with van der Waals surface area (Å²) in [5.41, 5.74) is -1.35. The summed E-state index contributed by atoms with van der Waals surface area (Å²) in [5.74, 6) is -4.34. The summed E-state index contributed by atoms with van der Waals surface area (Å²) in [6.07, 6.45) is -1.40. The number of alkyl halides is 3. The van der Waals surface area contributed by atoms with Crippen LogP contribution in [0, 0.1) is 11.8 Å². The molecule has 1 aliphatic carbocycles. The number of imide groups is 1. The van der Waals surface area contributed by atoms with Crippen molar-refractivity contribution in [3.8, 4) is 5.75 Å². The molecule has 4 rings (SSSR count). The highest BCUT2D eigenvalue weighted by Crippen LogP contribution is 2.44. The molecule has 0 spiro atoms. The molecule has 2 aromatic rings. The number of carboxylic acids is 1. The summed E-state index contributed by atoms with van der Waals surface area (Å²) in [6, 6.07) is 5.64. The molecule has 39 heavy (non-hydrogen) atoms. The normalized spacial score (nSPS) is 22.6. The topological polar surface area (TPSA) is 112 Å². The molecule has 0 bridgehead atoms. The van der Waals surface area contributed by atoms with E-state index in [1.807, 2.05) is 5.32 Å². The summed E-state index contributed by atoms with van der Waals surface area (Å²) in [6.45, 7) is 0. The number of benzene rings is 1. The Kier molecular flexibility index (Phi) is 8.39. The van der Waals surface area contributed by atoms with Gasteiger partial charge >= 0.3 is 12.2 Å². The highest BCUT2D eigenvalue weighted by atomic mass is 35.5. The molecule has 2 aliphatic rings. The zero-order valence-corrected chi connectivity index (χ0v) is 21.9. The number of carbonyl (C=O) groups excluding carboxylic acids is 3. The van der Waals surface area contributed by atoms with Crippen LogP contribution in [0.15, 0.2) is 42.6 Å². The quantitative estimate of drug-likeness (QED) is 0.385. The Morgan fingerprint density at radius 2 is 1.85 bits per heavy atom. The van der Waals surface area contributed by atoms with Gasteiger partial charge in [-0.05, 0) is 60.6 Å². The van der Waals surface area contributed by atoms with E-state index >= 15 is 0 Å². The van der Waals surface area contributed by atoms with Crippen molar-refractivity contribution < 1.29 is 37.4 Å². The highest BCUT2D eigenvalue weighted by Gasteiger charge is 2.64. The summed E-state index contributed by atoms with van der Waals surface area (Å²) < 4.78 is 47.3. The van der Waals surface area contributed by atoms with Gasteiger partial charge < -0.3 is 20.0 Å². The molecule has 2 heterocycles. The van der Waals surface area contributed by atoms with Gasteiger partial charge in [-0.15, -0.1) is 0 Å². The van der Waals surface area contributed by atoms with Gasteiger partial charge in [-0.3, -0.25) is 9.69 Å². The Morgan fingerprint density at radius 3 is 2.41 bits per heavy atom. The first-order chi connectivity index (χ1) is 18.5. The molecule has 3 amide bonds. The second-order valence-electron chi connectivity index (χ2n) is 10.0. The standard InChI is InChI=1S/C27H29ClF3N3O5/c1-39-19-9-7-16(8-10-19)15-26(24(36)37)20(13-17-11-12-32-21(28)14-17)23(35)34(26)25(38)33-22(27(29,30)31)18-5-3-2-4-6-18/h7-12,14,18,20,22H,2-6,13,15H2,1H3,(H,33,38)(H,36,37)/p-1/t20-,22-,26-/m0/s1. The number of rotatable bonds is 8. The molecule has 2 fully saturated rings. The lowest BCUT2D eigenvalue weighted by molar-refractivity contribution is -0.324. The largest absolute Gasteiger partial charge is 0.548 e. The van der Waals surface area contributed by atoms with Gasteiger partial charge in [-0.2, -0.15) is 13.2 Å². The van der Waals surface area contributed by atoms with E-state index in [0.717, 1.165) is 6.42 Å². The van der Waals surface area contributed by atoms with Crippen molar-refractivity contribution in [3.05, 3.63) is 58.9 Å². The maximum atomic E-state index is 14.0. The monoisotopic (exact) mass is 566 g/mol. The lowest BCUT2D eigenvalue weighted by Gasteiger charge is -2.57. The number of hydrogen-bond donors (Lipinski definition) is 1. The van der Waals surface area contributed by atoms with Gasteiger partial charge in [0.2, 0.25) is 5.91 Å². The van der Waals surface area contributed by atoms with Gasteiger partial charge in [0, 0.05) is 12.6 Å². The molecule has 12 heteroatoms. The first-order valence-electron chi connectivity index (χ1n) is 12.6. The van der Waals surface area contributed by atoms with E-state index in [1.165, 1.54) is 25.4 Å². The van der Waals surface area contributed by atoms with E-state index in [1.54, 1.807) is 24.3 Å². The smallest absolute Gasteiger partial charge is 0.408 e. The second-order valence-corrected chi connectivity index (χ2v) is 10.4. The third-order valence-electron chi connectivity index (χ3n) is 7.67. The first-order valence-corrected chi connectivity index (χ1v) is 13.0. The summed E-state index contributed by atoms with van der Waals surface area (Å²) in [7, 11) is 1.45. The van der Waals surface area contributed by atoms with Crippen molar-refractivity contribution >= 4 is 29.5 Å². The number of methoxy groups -OCH3 is 1. The first kappa shape index (κ1) is 28.7. The van der Waals surface area contributed by atoms with Crippen LogP contribution >= 0.6 is 11.6 Å². The molecule has 1 aromatic heterocycles. The van der Waals surface area contributed by atoms with Gasteiger partial charge in [0.25, 0.3) is 0 Å². The van der Waals surface area contributed by atoms with Crippen LogP contribution in [0.1, 0.15) is 43.2 Å². The summed E-state index contributed by atoms with van der Waals surface area (Å²) in [4.78, 5) is 43.7. The van der Waals surface area contributed by atoms with Gasteiger partial charge in [0.05, 0.1) is 19.0 Å². The molecule has 1 saturated carbocycles. The number of pyridine rings is 1. The molecule has 210 valence electrons. The molecule has 1 aromatic carbocycles. The van der Waals surface area contributed by atoms with Crippen molar-refractivity contribution in [2.24, 2.45) is 11.8 Å². The molecule has 0 unspecified atom stereocenters. The van der Waals surface area contributed by atoms with Crippen LogP contribution < -0.4 is 15.2 Å². The Hall–Kier alpha value is -3.34. The molecule has 0 radical (unpaired) electrons. The van der Waals surface area contributed by atoms with E-state index < -0.39 is 47.5 Å². The number of ether oxygens (including phenoxy) is 1. The molecule has 8 nitrogen and oxygen atoms in total. The van der Waals surface area contributed by atoms with Crippen LogP contribution in [0.25, 0.3) is 0 Å². The number of nitrogens with zero attached hydrogens (tertiary/aromatic N) is 2. The number of hydrogen-bond acceptors (Lipinski definition) is 6. The number of urea groups is 1. The fraction of sp³-hybridized carbons (Fsp3) is 0.481. The minimum atomic E-state index is -4.78. The number of likely N-dealkylation sites (tertiary alicyclic amines) is 1. The predicted molar refractivity (Wildman–Crippen MR) is 133 cm³/mol. The van der Waals surface area contributed by atoms with Crippen molar-refractivity contribution in [1.82, 2.24) is 15.2 Å². The third kappa shape index (κ3) is 5.83. The molecule has 1 N–H and O–H groups in total. The van der Waals surface area contributed by atoms with Crippen LogP contribution in [0.5, 0.6) is 5.75 Å². The van der Waals surface area contributed by atoms with Crippen LogP contribution in [0.2, 0.25) is 5.15 Å². The zero-order valence-electron chi connectivity index (χ0n) is 21.2. The van der Waals surface area contributed by atoms with Gasteiger partial charge in [0.15, 0.2) is 0 Å². The summed E-state index contributed by atoms with van der Waals surface area (Å²) in [5, 5.41) is 14.9. The van der Waals surface area contributed by atoms with E-state index in [4.69, 9.17) is 16.3 Å². The Balaban J connectivity index is 1.70. The van der Waals surface area contributed by atoms with Crippen molar-refractivity contribution in [3.63, 3.8) is 0 Å². The average Bonchev–Trinajstić information content (AvgIpc) is 2.90. The fourth-order valence-electron chi connectivity index (χ4n) is 5.68. The zero-order chi connectivity index (χ0) is 28.4. The lowest BCUT2D eigenvalue weighted by Crippen LogP contribution is -2.81. The van der Waals surface area contributed by atoms with Crippen LogP contribution in [0.4, 0.5) is 18.0 Å². The number of carboxylic acid groups (broad SMARTS) is 1. The van der Waals surface area contributed by atoms with Gasteiger partial charge in [-0.25, -0.2) is 9.78 Å². The molecular formula is C27H28ClF3N3O5-. The van der Waals surface area contributed by atoms with Crippen molar-refractivity contribution in [2.45, 2.75) is 62.7 Å². The van der Waals surface area contributed by atoms with Crippen LogP contribution in [0.3, 0.4) is 0 Å². The van der Waals surface area contributed by atoms with E-state index in [-0.39, 0.29) is 30.8 Å². The maximum Gasteiger partial charge on any atom is 0.408 e. The number of halogens is 4. The van der Waals surface area contributed by atoms with Gasteiger partial charge in [-0.1, -0.05) is 43.0 Å². The molecular weight excluding hydrogens is 539 g/mol. The minimum Gasteiger partial charge on any atom is -0.548 e. The predicted octanol–water partition coefficient (Wildman–Crippen LogP) is 3.70. The van der Waals surface area contributed by atoms with Crippen molar-refractivity contribution in [1.29, 1.82) is 0 Å². The number of β-lactam (4-membered cyclic amide) rings is 1. The second kappa shape index (κ2) is 11.4. The Labute approximate surface area is 228 Å². The van der Waals surface area contributed by atoms with Gasteiger partial charge in [0.1, 0.15) is 22.5 Å². The number of aromatic nitrogens is 1. The third-order valence-corrected chi connectivity index (χ3v) is 7.87. The number of amides is 3. The van der Waals surface area contributed by atoms with E-state index in [0.29, 0.717) is 34.6 Å². The maximum absolute atomic E-state index is 14.0. The molecule has 1 saturated heterocycles. The SMILES string of the molecule is COc1ccc(C[C@@]2(C(=O)[O-])[C@@H](Cc3ccnc(Cl)c3)C(=O)N2C(=O)N[C@@H](C2CCCCC2)C(F)(F)F)cc1. The minimum absolute atomic E-state index is 0.114. The Morgan fingerprint density at radius 1 is 1.18 bits per heavy atom. The van der Waals surface area contributed by atoms with E-state index in [9.17, 15) is 32.7 Å². The number of nitrogens with one attached hydrogen (secondary N) is 1. The molecule has 1 aliphatic heterocycles. The number of carbonyl (C=O) groups is 3. The highest BCUT2D eigenvalue weighted by molar-refractivity contribution is 6.29. The summed E-state index contributed by atoms with van der Waals surface area (Å²) >= 11 is 5.95. The Bertz CT molecular complexity index is 1220. The fourth-order valence-corrected chi connectivity index (χ4v) is 5.88. The van der Waals surface area contributed by atoms with Crippen LogP contribution in [-0.2, 0) is 22.4 Å². The number of aliphatic carboxylic acids is 1.